The second kappa shape index (κ2) is 8.49. The zero-order chi connectivity index (χ0) is 17.2. The molecule has 2 aliphatic heterocycles. The minimum absolute atomic E-state index is 0. The van der Waals surface area contributed by atoms with Crippen LogP contribution >= 0.6 is 12.4 Å². The van der Waals surface area contributed by atoms with E-state index in [1.54, 1.807) is 16.4 Å². The smallest absolute Gasteiger partial charge is 0.251 e. The molecule has 3 rings (SSSR count). The molecule has 0 spiro atoms. The molecule has 6 nitrogen and oxygen atoms in total. The van der Waals surface area contributed by atoms with Crippen LogP contribution in [0, 0.1) is 5.92 Å². The van der Waals surface area contributed by atoms with Crippen LogP contribution in [0.25, 0.3) is 0 Å². The number of piperidine rings is 1. The van der Waals surface area contributed by atoms with Crippen molar-refractivity contribution < 1.29 is 13.2 Å². The molecular weight excluding hydrogens is 362 g/mol. The number of nitrogens with zero attached hydrogens (tertiary/aromatic N) is 1. The molecule has 0 saturated carbocycles. The third kappa shape index (κ3) is 4.34. The van der Waals surface area contributed by atoms with Gasteiger partial charge in [-0.1, -0.05) is 13.0 Å². The second-order valence-corrected chi connectivity index (χ2v) is 8.42. The van der Waals surface area contributed by atoms with E-state index in [0.29, 0.717) is 31.1 Å². The summed E-state index contributed by atoms with van der Waals surface area (Å²) in [6.45, 7) is 5.66. The summed E-state index contributed by atoms with van der Waals surface area (Å²) in [5, 5.41) is 6.10. The van der Waals surface area contributed by atoms with Gasteiger partial charge in [-0.05, 0) is 56.0 Å². The molecule has 8 heteroatoms. The van der Waals surface area contributed by atoms with E-state index in [2.05, 4.69) is 17.6 Å². The van der Waals surface area contributed by atoms with E-state index < -0.39 is 10.0 Å². The van der Waals surface area contributed by atoms with Crippen molar-refractivity contribution in [3.8, 4) is 0 Å². The number of rotatable bonds is 5. The first-order valence-corrected chi connectivity index (χ1v) is 10.1. The zero-order valence-electron chi connectivity index (χ0n) is 14.5. The van der Waals surface area contributed by atoms with Gasteiger partial charge in [-0.15, -0.1) is 12.4 Å². The van der Waals surface area contributed by atoms with Crippen molar-refractivity contribution in [3.63, 3.8) is 0 Å². The predicted molar refractivity (Wildman–Crippen MR) is 99.8 cm³/mol. The molecule has 0 unspecified atom stereocenters. The summed E-state index contributed by atoms with van der Waals surface area (Å²) < 4.78 is 27.3. The lowest BCUT2D eigenvalue weighted by molar-refractivity contribution is 0.0945. The predicted octanol–water partition coefficient (Wildman–Crippen LogP) is 1.40. The molecule has 1 fully saturated rings. The fourth-order valence-corrected chi connectivity index (χ4v) is 4.90. The van der Waals surface area contributed by atoms with E-state index in [0.717, 1.165) is 37.9 Å². The van der Waals surface area contributed by atoms with Gasteiger partial charge in [0.2, 0.25) is 10.0 Å². The second-order valence-electron chi connectivity index (χ2n) is 6.48. The number of fused-ring (bicyclic) bond motifs is 1. The standard InChI is InChI=1S/C17H25N3O3S.ClH/c1-2-18-12-13-6-9-20(10-7-13)24(22,23)15-4-3-14-5-8-19-17(21)16(14)11-15;/h3-4,11,13,18H,2,5-10,12H2,1H3,(H,19,21);1H. The first-order valence-electron chi connectivity index (χ1n) is 8.64. The molecule has 1 aromatic carbocycles. The van der Waals surface area contributed by atoms with Crippen LogP contribution in [0.4, 0.5) is 0 Å². The number of hydrogen-bond acceptors (Lipinski definition) is 4. The molecule has 2 aliphatic rings. The van der Waals surface area contributed by atoms with E-state index in [9.17, 15) is 13.2 Å². The zero-order valence-corrected chi connectivity index (χ0v) is 16.1. The lowest BCUT2D eigenvalue weighted by Gasteiger charge is -2.31. The van der Waals surface area contributed by atoms with Crippen molar-refractivity contribution in [3.05, 3.63) is 29.3 Å². The summed E-state index contributed by atoms with van der Waals surface area (Å²) >= 11 is 0. The SMILES string of the molecule is CCNCC1CCN(S(=O)(=O)c2ccc3c(c2)C(=O)NCC3)CC1.Cl. The molecule has 2 heterocycles. The number of hydrogen-bond donors (Lipinski definition) is 2. The normalized spacial score (nSPS) is 19.0. The highest BCUT2D eigenvalue weighted by molar-refractivity contribution is 7.89. The fourth-order valence-electron chi connectivity index (χ4n) is 3.40. The minimum atomic E-state index is -3.53. The Morgan fingerprint density at radius 3 is 2.68 bits per heavy atom. The van der Waals surface area contributed by atoms with Gasteiger partial charge in [0.15, 0.2) is 0 Å². The Morgan fingerprint density at radius 1 is 1.28 bits per heavy atom. The molecule has 0 radical (unpaired) electrons. The van der Waals surface area contributed by atoms with Gasteiger partial charge in [-0.25, -0.2) is 8.42 Å². The Balaban J connectivity index is 0.00000225. The molecule has 1 amide bonds. The Bertz CT molecular complexity index is 716. The maximum Gasteiger partial charge on any atom is 0.251 e. The van der Waals surface area contributed by atoms with Gasteiger partial charge >= 0.3 is 0 Å². The van der Waals surface area contributed by atoms with E-state index in [1.165, 1.54) is 6.07 Å². The van der Waals surface area contributed by atoms with Gasteiger partial charge in [0.25, 0.3) is 5.91 Å². The molecule has 1 aromatic rings. The summed E-state index contributed by atoms with van der Waals surface area (Å²) in [4.78, 5) is 12.2. The highest BCUT2D eigenvalue weighted by Gasteiger charge is 2.30. The summed E-state index contributed by atoms with van der Waals surface area (Å²) in [6, 6.07) is 4.94. The monoisotopic (exact) mass is 387 g/mol. The van der Waals surface area contributed by atoms with Gasteiger partial charge in [0, 0.05) is 25.2 Å². The Labute approximate surface area is 155 Å². The molecule has 140 valence electrons. The van der Waals surface area contributed by atoms with Crippen LogP contribution in [-0.4, -0.2) is 51.4 Å². The summed E-state index contributed by atoms with van der Waals surface area (Å²) in [5.41, 5.74) is 1.41. The van der Waals surface area contributed by atoms with Gasteiger partial charge in [-0.2, -0.15) is 4.31 Å². The van der Waals surface area contributed by atoms with Crippen molar-refractivity contribution in [2.45, 2.75) is 31.1 Å². The Morgan fingerprint density at radius 2 is 2.00 bits per heavy atom. The highest BCUT2D eigenvalue weighted by Crippen LogP contribution is 2.26. The number of sulfonamides is 1. The number of halogens is 1. The fraction of sp³-hybridized carbons (Fsp3) is 0.588. The summed E-state index contributed by atoms with van der Waals surface area (Å²) in [7, 11) is -3.53. The Kier molecular flexibility index (Phi) is 6.85. The largest absolute Gasteiger partial charge is 0.352 e. The summed E-state index contributed by atoms with van der Waals surface area (Å²) in [6.07, 6.45) is 2.49. The van der Waals surface area contributed by atoms with E-state index in [-0.39, 0.29) is 23.2 Å². The highest BCUT2D eigenvalue weighted by atomic mass is 35.5. The molecule has 0 atom stereocenters. The average Bonchev–Trinajstić information content (AvgIpc) is 2.60. The van der Waals surface area contributed by atoms with Crippen molar-refractivity contribution in [2.24, 2.45) is 5.92 Å². The molecule has 1 saturated heterocycles. The van der Waals surface area contributed by atoms with Gasteiger partial charge < -0.3 is 10.6 Å². The number of carbonyl (C=O) groups excluding carboxylic acids is 1. The number of benzene rings is 1. The van der Waals surface area contributed by atoms with E-state index in [1.807, 2.05) is 0 Å². The summed E-state index contributed by atoms with van der Waals surface area (Å²) in [5.74, 6) is 0.350. The van der Waals surface area contributed by atoms with Crippen LogP contribution < -0.4 is 10.6 Å². The van der Waals surface area contributed by atoms with Crippen molar-refractivity contribution in [1.29, 1.82) is 0 Å². The third-order valence-electron chi connectivity index (χ3n) is 4.90. The maximum absolute atomic E-state index is 12.9. The topological polar surface area (TPSA) is 78.5 Å². The first kappa shape index (κ1) is 20.2. The molecule has 2 N–H and O–H groups in total. The third-order valence-corrected chi connectivity index (χ3v) is 6.79. The number of amides is 1. The molecule has 0 aliphatic carbocycles. The molecular formula is C17H26ClN3O3S. The van der Waals surface area contributed by atoms with Crippen LogP contribution in [0.3, 0.4) is 0 Å². The number of carbonyl (C=O) groups is 1. The first-order chi connectivity index (χ1) is 11.5. The molecule has 0 aromatic heterocycles. The lowest BCUT2D eigenvalue weighted by Crippen LogP contribution is -2.41. The number of nitrogens with one attached hydrogen (secondary N) is 2. The Hall–Kier alpha value is -1.15. The van der Waals surface area contributed by atoms with Gasteiger partial charge in [-0.3, -0.25) is 4.79 Å². The minimum Gasteiger partial charge on any atom is -0.352 e. The van der Waals surface area contributed by atoms with Gasteiger partial charge in [0.1, 0.15) is 0 Å². The molecule has 0 bridgehead atoms. The molecule has 25 heavy (non-hydrogen) atoms. The van der Waals surface area contributed by atoms with Crippen LogP contribution in [0.5, 0.6) is 0 Å². The van der Waals surface area contributed by atoms with Crippen molar-refractivity contribution in [1.82, 2.24) is 14.9 Å². The lowest BCUT2D eigenvalue weighted by atomic mass is 9.98. The van der Waals surface area contributed by atoms with Crippen molar-refractivity contribution >= 4 is 28.3 Å². The van der Waals surface area contributed by atoms with Crippen LogP contribution in [0.15, 0.2) is 23.1 Å². The average molecular weight is 388 g/mol. The van der Waals surface area contributed by atoms with Crippen molar-refractivity contribution in [2.75, 3.05) is 32.7 Å². The quantitative estimate of drug-likeness (QED) is 0.800. The van der Waals surface area contributed by atoms with Crippen LogP contribution in [0.1, 0.15) is 35.7 Å². The van der Waals surface area contributed by atoms with Crippen LogP contribution in [-0.2, 0) is 16.4 Å². The van der Waals surface area contributed by atoms with Crippen LogP contribution in [0.2, 0.25) is 0 Å². The van der Waals surface area contributed by atoms with E-state index in [4.69, 9.17) is 0 Å². The van der Waals surface area contributed by atoms with E-state index >= 15 is 0 Å². The maximum atomic E-state index is 12.9. The van der Waals surface area contributed by atoms with Gasteiger partial charge in [0.05, 0.1) is 4.90 Å².